The van der Waals surface area contributed by atoms with Gasteiger partial charge in [-0.1, -0.05) is 18.2 Å². The lowest BCUT2D eigenvalue weighted by Gasteiger charge is -2.12. The molecule has 1 aromatic carbocycles. The van der Waals surface area contributed by atoms with Crippen LogP contribution in [0, 0.1) is 6.92 Å². The van der Waals surface area contributed by atoms with E-state index in [4.69, 9.17) is 5.73 Å². The Bertz CT molecular complexity index is 715. The van der Waals surface area contributed by atoms with Crippen molar-refractivity contribution in [2.45, 2.75) is 13.5 Å². The average Bonchev–Trinajstić information content (AvgIpc) is 2.89. The van der Waals surface area contributed by atoms with Crippen molar-refractivity contribution in [3.05, 3.63) is 59.9 Å². The van der Waals surface area contributed by atoms with Crippen LogP contribution in [0.15, 0.2) is 48.8 Å². The van der Waals surface area contributed by atoms with Gasteiger partial charge in [0.25, 0.3) is 0 Å². The summed E-state index contributed by atoms with van der Waals surface area (Å²) < 4.78 is 2.03. The molecule has 0 amide bonds. The van der Waals surface area contributed by atoms with Gasteiger partial charge in [0.2, 0.25) is 0 Å². The van der Waals surface area contributed by atoms with Crippen molar-refractivity contribution in [3.8, 4) is 0 Å². The largest absolute Gasteiger partial charge is 0.399 e. The normalized spacial score (nSPS) is 10.8. The predicted molar refractivity (Wildman–Crippen MR) is 78.1 cm³/mol. The maximum Gasteiger partial charge on any atom is 0.138 e. The minimum absolute atomic E-state index is 0.744. The van der Waals surface area contributed by atoms with Crippen LogP contribution in [0.4, 0.5) is 11.5 Å². The van der Waals surface area contributed by atoms with E-state index < -0.39 is 0 Å². The first-order chi connectivity index (χ1) is 9.25. The smallest absolute Gasteiger partial charge is 0.138 e. The summed E-state index contributed by atoms with van der Waals surface area (Å²) >= 11 is 0. The van der Waals surface area contributed by atoms with Gasteiger partial charge in [-0.3, -0.25) is 4.40 Å². The molecule has 3 aromatic rings. The van der Waals surface area contributed by atoms with Crippen molar-refractivity contribution in [1.82, 2.24) is 9.38 Å². The van der Waals surface area contributed by atoms with Crippen LogP contribution in [0.5, 0.6) is 0 Å². The minimum Gasteiger partial charge on any atom is -0.399 e. The molecule has 0 saturated heterocycles. The van der Waals surface area contributed by atoms with Crippen LogP contribution < -0.4 is 11.1 Å². The number of nitrogens with two attached hydrogens (primary N) is 1. The molecule has 3 N–H and O–H groups in total. The highest BCUT2D eigenvalue weighted by atomic mass is 15.1. The zero-order chi connectivity index (χ0) is 13.2. The van der Waals surface area contributed by atoms with Crippen molar-refractivity contribution in [1.29, 1.82) is 0 Å². The van der Waals surface area contributed by atoms with E-state index in [2.05, 4.69) is 16.4 Å². The van der Waals surface area contributed by atoms with Gasteiger partial charge in [-0.15, -0.1) is 0 Å². The number of anilines is 2. The zero-order valence-corrected chi connectivity index (χ0v) is 10.8. The average molecular weight is 252 g/mol. The Morgan fingerprint density at radius 1 is 1.21 bits per heavy atom. The number of nitrogens with one attached hydrogen (secondary N) is 1. The molecule has 0 bridgehead atoms. The summed E-state index contributed by atoms with van der Waals surface area (Å²) in [5.41, 5.74) is 10.0. The molecule has 3 rings (SSSR count). The molecule has 0 aliphatic carbocycles. The Kier molecular flexibility index (Phi) is 2.83. The zero-order valence-electron chi connectivity index (χ0n) is 10.8. The second-order valence-corrected chi connectivity index (χ2v) is 4.55. The second kappa shape index (κ2) is 4.65. The van der Waals surface area contributed by atoms with E-state index in [1.54, 1.807) is 6.20 Å². The third-order valence-electron chi connectivity index (χ3n) is 3.38. The van der Waals surface area contributed by atoms with E-state index in [1.807, 2.05) is 47.9 Å². The van der Waals surface area contributed by atoms with Crippen LogP contribution in [0.1, 0.15) is 11.1 Å². The van der Waals surface area contributed by atoms with Gasteiger partial charge in [0.05, 0.1) is 0 Å². The van der Waals surface area contributed by atoms with Gasteiger partial charge < -0.3 is 11.1 Å². The monoisotopic (exact) mass is 252 g/mol. The summed E-state index contributed by atoms with van der Waals surface area (Å²) in [7, 11) is 0. The second-order valence-electron chi connectivity index (χ2n) is 4.55. The number of nitrogen functional groups attached to an aromatic ring is 1. The summed E-state index contributed by atoms with van der Waals surface area (Å²) in [6.07, 6.45) is 3.75. The molecule has 0 aliphatic rings. The Hall–Kier alpha value is -2.49. The lowest BCUT2D eigenvalue weighted by molar-refractivity contribution is 1.06. The maximum absolute atomic E-state index is 5.92. The number of hydrogen-bond acceptors (Lipinski definition) is 3. The van der Waals surface area contributed by atoms with E-state index in [0.29, 0.717) is 0 Å². The molecule has 0 aliphatic heterocycles. The molecular formula is C15H16N4. The van der Waals surface area contributed by atoms with Crippen LogP contribution >= 0.6 is 0 Å². The van der Waals surface area contributed by atoms with E-state index in [1.165, 1.54) is 5.56 Å². The van der Waals surface area contributed by atoms with Crippen molar-refractivity contribution in [2.24, 2.45) is 0 Å². The van der Waals surface area contributed by atoms with Gasteiger partial charge in [0, 0.05) is 24.6 Å². The SMILES string of the molecule is Cc1c(N)cccc1CNc1cccc2nccn12. The third-order valence-corrected chi connectivity index (χ3v) is 3.38. The highest BCUT2D eigenvalue weighted by Gasteiger charge is 2.03. The van der Waals surface area contributed by atoms with Gasteiger partial charge in [0.15, 0.2) is 0 Å². The number of aromatic nitrogens is 2. The number of benzene rings is 1. The van der Waals surface area contributed by atoms with Gasteiger partial charge in [-0.2, -0.15) is 0 Å². The number of fused-ring (bicyclic) bond motifs is 1. The van der Waals surface area contributed by atoms with Gasteiger partial charge >= 0.3 is 0 Å². The van der Waals surface area contributed by atoms with Crippen LogP contribution in [0.3, 0.4) is 0 Å². The first kappa shape index (κ1) is 11.6. The molecule has 96 valence electrons. The summed E-state index contributed by atoms with van der Waals surface area (Å²) in [6.45, 7) is 2.79. The van der Waals surface area contributed by atoms with Crippen molar-refractivity contribution in [2.75, 3.05) is 11.1 Å². The number of hydrogen-bond donors (Lipinski definition) is 2. The highest BCUT2D eigenvalue weighted by Crippen LogP contribution is 2.18. The summed E-state index contributed by atoms with van der Waals surface area (Å²) in [6, 6.07) is 12.0. The van der Waals surface area contributed by atoms with Crippen molar-refractivity contribution >= 4 is 17.2 Å². The molecule has 19 heavy (non-hydrogen) atoms. The summed E-state index contributed by atoms with van der Waals surface area (Å²) in [5.74, 6) is 1.02. The topological polar surface area (TPSA) is 55.3 Å². The predicted octanol–water partition coefficient (Wildman–Crippen LogP) is 2.84. The van der Waals surface area contributed by atoms with Crippen LogP contribution in [0.25, 0.3) is 5.65 Å². The molecule has 4 nitrogen and oxygen atoms in total. The molecule has 0 spiro atoms. The number of pyridine rings is 1. The van der Waals surface area contributed by atoms with Gasteiger partial charge in [-0.25, -0.2) is 4.98 Å². The molecule has 0 atom stereocenters. The van der Waals surface area contributed by atoms with E-state index in [0.717, 1.165) is 29.3 Å². The fraction of sp³-hybridized carbons (Fsp3) is 0.133. The van der Waals surface area contributed by atoms with Crippen molar-refractivity contribution < 1.29 is 0 Å². The molecule has 0 fully saturated rings. The van der Waals surface area contributed by atoms with Gasteiger partial charge in [-0.05, 0) is 36.2 Å². The molecular weight excluding hydrogens is 236 g/mol. The van der Waals surface area contributed by atoms with Crippen LogP contribution in [-0.2, 0) is 6.54 Å². The molecule has 2 heterocycles. The quantitative estimate of drug-likeness (QED) is 0.705. The molecule has 0 saturated carbocycles. The van der Waals surface area contributed by atoms with E-state index in [-0.39, 0.29) is 0 Å². The molecule has 0 unspecified atom stereocenters. The Balaban J connectivity index is 1.86. The first-order valence-corrected chi connectivity index (χ1v) is 6.25. The molecule has 0 radical (unpaired) electrons. The highest BCUT2D eigenvalue weighted by molar-refractivity contribution is 5.53. The van der Waals surface area contributed by atoms with Crippen molar-refractivity contribution in [3.63, 3.8) is 0 Å². The number of rotatable bonds is 3. The van der Waals surface area contributed by atoms with Crippen LogP contribution in [-0.4, -0.2) is 9.38 Å². The number of nitrogens with zero attached hydrogens (tertiary/aromatic N) is 2. The van der Waals surface area contributed by atoms with E-state index in [9.17, 15) is 0 Å². The first-order valence-electron chi connectivity index (χ1n) is 6.25. The Labute approximate surface area is 111 Å². The maximum atomic E-state index is 5.92. The summed E-state index contributed by atoms with van der Waals surface area (Å²) in [4.78, 5) is 4.27. The minimum atomic E-state index is 0.744. The Morgan fingerprint density at radius 3 is 2.95 bits per heavy atom. The van der Waals surface area contributed by atoms with E-state index >= 15 is 0 Å². The fourth-order valence-electron chi connectivity index (χ4n) is 2.17. The molecule has 4 heteroatoms. The third kappa shape index (κ3) is 2.12. The van der Waals surface area contributed by atoms with Gasteiger partial charge in [0.1, 0.15) is 11.5 Å². The van der Waals surface area contributed by atoms with Crippen LogP contribution in [0.2, 0.25) is 0 Å². The fourth-order valence-corrected chi connectivity index (χ4v) is 2.17. The lowest BCUT2D eigenvalue weighted by atomic mass is 10.1. The Morgan fingerprint density at radius 2 is 2.05 bits per heavy atom. The molecule has 2 aromatic heterocycles. The lowest BCUT2D eigenvalue weighted by Crippen LogP contribution is -2.06. The standard InChI is InChI=1S/C15H16N4/c1-11-12(4-2-5-13(11)16)10-18-15-7-3-6-14-17-8-9-19(14)15/h2-9,18H,10,16H2,1H3. The summed E-state index contributed by atoms with van der Waals surface area (Å²) in [5, 5.41) is 3.43. The number of imidazole rings is 1.